The molecule has 10 heteroatoms. The lowest BCUT2D eigenvalue weighted by atomic mass is 10.2. The van der Waals surface area contributed by atoms with E-state index in [9.17, 15) is 22.8 Å². The minimum atomic E-state index is -4.77. The normalized spacial score (nSPS) is 14.8. The number of amides is 1. The molecule has 134 valence electrons. The third kappa shape index (κ3) is 3.67. The van der Waals surface area contributed by atoms with Crippen molar-refractivity contribution in [3.8, 4) is 5.75 Å². The molecule has 3 rings (SSSR count). The summed E-state index contributed by atoms with van der Waals surface area (Å²) in [5, 5.41) is 4.13. The van der Waals surface area contributed by atoms with Crippen molar-refractivity contribution in [2.45, 2.75) is 19.3 Å². The first kappa shape index (κ1) is 17.1. The second kappa shape index (κ2) is 6.26. The Morgan fingerprint density at radius 1 is 1.16 bits per heavy atom. The van der Waals surface area contributed by atoms with Crippen LogP contribution >= 0.6 is 0 Å². The molecule has 0 saturated carbocycles. The number of carbonyl (C=O) groups excluding carboxylic acids is 1. The van der Waals surface area contributed by atoms with Crippen LogP contribution in [0.15, 0.2) is 29.1 Å². The maximum atomic E-state index is 12.5. The smallest absolute Gasteiger partial charge is 0.406 e. The summed E-state index contributed by atoms with van der Waals surface area (Å²) >= 11 is 0. The number of alkyl halides is 3. The molecule has 1 aliphatic rings. The highest BCUT2D eigenvalue weighted by Gasteiger charge is 2.31. The Hall–Kier alpha value is -2.78. The van der Waals surface area contributed by atoms with Gasteiger partial charge in [0.1, 0.15) is 11.6 Å². The molecule has 0 fully saturated rings. The number of aromatic nitrogens is 3. The van der Waals surface area contributed by atoms with Crippen LogP contribution in [0.2, 0.25) is 0 Å². The number of nitrogens with zero attached hydrogens (tertiary/aromatic N) is 4. The molecule has 1 aliphatic heterocycles. The largest absolute Gasteiger partial charge is 0.573 e. The SMILES string of the molecule is Cn1nc2n(c1=O)CCN(C(=O)c1ccc(OC(F)(F)F)cc1)CC2. The van der Waals surface area contributed by atoms with Gasteiger partial charge in [0.2, 0.25) is 0 Å². The number of fused-ring (bicyclic) bond motifs is 1. The lowest BCUT2D eigenvalue weighted by Gasteiger charge is -2.20. The molecular weight excluding hydrogens is 341 g/mol. The van der Waals surface area contributed by atoms with E-state index in [0.29, 0.717) is 31.9 Å². The average Bonchev–Trinajstić information content (AvgIpc) is 2.71. The van der Waals surface area contributed by atoms with Gasteiger partial charge in [-0.3, -0.25) is 9.36 Å². The monoisotopic (exact) mass is 356 g/mol. The van der Waals surface area contributed by atoms with Gasteiger partial charge < -0.3 is 9.64 Å². The van der Waals surface area contributed by atoms with Gasteiger partial charge in [0.15, 0.2) is 0 Å². The second-order valence-electron chi connectivity index (χ2n) is 5.59. The van der Waals surface area contributed by atoms with Crippen LogP contribution in [0.3, 0.4) is 0 Å². The standard InChI is InChI=1S/C15H15F3N4O3/c1-20-14(24)22-9-8-21(7-6-12(22)19-20)13(23)10-2-4-11(5-3-10)25-15(16,17)18/h2-5H,6-9H2,1H3. The number of benzene rings is 1. The maximum absolute atomic E-state index is 12.5. The van der Waals surface area contributed by atoms with Gasteiger partial charge in [0, 0.05) is 38.7 Å². The van der Waals surface area contributed by atoms with Crippen molar-refractivity contribution in [2.24, 2.45) is 7.05 Å². The number of rotatable bonds is 2. The van der Waals surface area contributed by atoms with E-state index in [1.807, 2.05) is 0 Å². The summed E-state index contributed by atoms with van der Waals surface area (Å²) in [6.07, 6.45) is -4.35. The van der Waals surface area contributed by atoms with Crippen LogP contribution in [0, 0.1) is 0 Å². The predicted molar refractivity (Wildman–Crippen MR) is 80.2 cm³/mol. The Morgan fingerprint density at radius 3 is 2.48 bits per heavy atom. The molecule has 7 nitrogen and oxygen atoms in total. The fourth-order valence-corrected chi connectivity index (χ4v) is 2.72. The summed E-state index contributed by atoms with van der Waals surface area (Å²) in [6, 6.07) is 4.76. The van der Waals surface area contributed by atoms with Gasteiger partial charge in [-0.25, -0.2) is 9.48 Å². The second-order valence-corrected chi connectivity index (χ2v) is 5.59. The van der Waals surface area contributed by atoms with E-state index in [-0.39, 0.29) is 22.9 Å². The molecule has 1 aromatic heterocycles. The van der Waals surface area contributed by atoms with Crippen molar-refractivity contribution >= 4 is 5.91 Å². The Bertz CT molecular complexity index is 839. The van der Waals surface area contributed by atoms with Gasteiger partial charge >= 0.3 is 12.1 Å². The minimum absolute atomic E-state index is 0.238. The third-order valence-corrected chi connectivity index (χ3v) is 3.91. The molecule has 2 aromatic rings. The van der Waals surface area contributed by atoms with Crippen LogP contribution < -0.4 is 10.4 Å². The number of hydrogen-bond donors (Lipinski definition) is 0. The van der Waals surface area contributed by atoms with Gasteiger partial charge in [0.05, 0.1) is 0 Å². The first-order valence-electron chi connectivity index (χ1n) is 7.52. The predicted octanol–water partition coefficient (Wildman–Crippen LogP) is 1.18. The van der Waals surface area contributed by atoms with Gasteiger partial charge in [-0.1, -0.05) is 0 Å². The molecule has 0 bridgehead atoms. The average molecular weight is 356 g/mol. The quantitative estimate of drug-likeness (QED) is 0.810. The highest BCUT2D eigenvalue weighted by molar-refractivity contribution is 5.94. The zero-order chi connectivity index (χ0) is 18.2. The summed E-state index contributed by atoms with van der Waals surface area (Å²) in [5.41, 5.74) is 0.0138. The molecule has 1 amide bonds. The fraction of sp³-hybridized carbons (Fsp3) is 0.400. The number of halogens is 3. The van der Waals surface area contributed by atoms with E-state index >= 15 is 0 Å². The molecule has 2 heterocycles. The lowest BCUT2D eigenvalue weighted by molar-refractivity contribution is -0.274. The fourth-order valence-electron chi connectivity index (χ4n) is 2.72. The molecule has 0 N–H and O–H groups in total. The summed E-state index contributed by atoms with van der Waals surface area (Å²) in [6.45, 7) is 1.01. The van der Waals surface area contributed by atoms with Gasteiger partial charge in [-0.15, -0.1) is 13.2 Å². The number of carbonyl (C=O) groups is 1. The van der Waals surface area contributed by atoms with Crippen molar-refractivity contribution in [3.05, 3.63) is 46.1 Å². The molecular formula is C15H15F3N4O3. The summed E-state index contributed by atoms with van der Waals surface area (Å²) in [5.74, 6) is -0.0959. The highest BCUT2D eigenvalue weighted by atomic mass is 19.4. The van der Waals surface area contributed by atoms with Crippen LogP contribution in [-0.4, -0.2) is 44.6 Å². The Balaban J connectivity index is 1.70. The molecule has 1 aromatic carbocycles. The summed E-state index contributed by atoms with van der Waals surface area (Å²) in [7, 11) is 1.57. The number of ether oxygens (including phenoxy) is 1. The Kier molecular flexibility index (Phi) is 4.27. The molecule has 0 radical (unpaired) electrons. The van der Waals surface area contributed by atoms with Gasteiger partial charge in [-0.05, 0) is 24.3 Å². The molecule has 0 spiro atoms. The third-order valence-electron chi connectivity index (χ3n) is 3.91. The van der Waals surface area contributed by atoms with E-state index < -0.39 is 6.36 Å². The summed E-state index contributed by atoms with van der Waals surface area (Å²) < 4.78 is 43.1. The molecule has 0 unspecified atom stereocenters. The van der Waals surface area contributed by atoms with E-state index in [4.69, 9.17) is 0 Å². The van der Waals surface area contributed by atoms with Crippen molar-refractivity contribution in [3.63, 3.8) is 0 Å². The lowest BCUT2D eigenvalue weighted by Crippen LogP contribution is -2.35. The zero-order valence-electron chi connectivity index (χ0n) is 13.3. The van der Waals surface area contributed by atoms with Gasteiger partial charge in [0.25, 0.3) is 5.91 Å². The van der Waals surface area contributed by atoms with Crippen LogP contribution in [0.25, 0.3) is 0 Å². The topological polar surface area (TPSA) is 69.4 Å². The van der Waals surface area contributed by atoms with E-state index in [2.05, 4.69) is 9.84 Å². The van der Waals surface area contributed by atoms with Crippen LogP contribution in [0.4, 0.5) is 13.2 Å². The number of aryl methyl sites for hydroxylation is 1. The van der Waals surface area contributed by atoms with Crippen LogP contribution in [-0.2, 0) is 20.0 Å². The van der Waals surface area contributed by atoms with Crippen molar-refractivity contribution in [2.75, 3.05) is 13.1 Å². The molecule has 25 heavy (non-hydrogen) atoms. The minimum Gasteiger partial charge on any atom is -0.406 e. The first-order valence-corrected chi connectivity index (χ1v) is 7.52. The molecule has 0 aliphatic carbocycles. The van der Waals surface area contributed by atoms with Crippen molar-refractivity contribution < 1.29 is 22.7 Å². The zero-order valence-corrected chi connectivity index (χ0v) is 13.3. The Labute approximate surface area is 140 Å². The van der Waals surface area contributed by atoms with Crippen molar-refractivity contribution in [1.82, 2.24) is 19.2 Å². The first-order chi connectivity index (χ1) is 11.7. The van der Waals surface area contributed by atoms with Crippen molar-refractivity contribution in [1.29, 1.82) is 0 Å². The van der Waals surface area contributed by atoms with Crippen LogP contribution in [0.1, 0.15) is 16.2 Å². The highest BCUT2D eigenvalue weighted by Crippen LogP contribution is 2.23. The maximum Gasteiger partial charge on any atom is 0.573 e. The van der Waals surface area contributed by atoms with E-state index in [1.54, 1.807) is 11.9 Å². The Morgan fingerprint density at radius 2 is 1.84 bits per heavy atom. The van der Waals surface area contributed by atoms with Crippen LogP contribution in [0.5, 0.6) is 5.75 Å². The number of hydrogen-bond acceptors (Lipinski definition) is 4. The van der Waals surface area contributed by atoms with E-state index in [0.717, 1.165) is 12.1 Å². The summed E-state index contributed by atoms with van der Waals surface area (Å²) in [4.78, 5) is 26.0. The molecule has 0 atom stereocenters. The molecule has 0 saturated heterocycles. The van der Waals surface area contributed by atoms with E-state index in [1.165, 1.54) is 21.4 Å². The van der Waals surface area contributed by atoms with Gasteiger partial charge in [-0.2, -0.15) is 5.10 Å².